The molecule has 1 N–H and O–H groups in total. The number of aliphatic hydroxyl groups is 1. The summed E-state index contributed by atoms with van der Waals surface area (Å²) in [7, 11) is 0. The molecule has 2 rings (SSSR count). The molecule has 0 spiro atoms. The van der Waals surface area contributed by atoms with Crippen LogP contribution in [0.15, 0.2) is 30.3 Å². The fourth-order valence-electron chi connectivity index (χ4n) is 1.81. The molecule has 17 heavy (non-hydrogen) atoms. The van der Waals surface area contributed by atoms with Crippen LogP contribution in [0.4, 0.5) is 4.79 Å². The Hall–Kier alpha value is -1.55. The maximum atomic E-state index is 11.8. The number of likely N-dealkylation sites (tertiary alicyclic amines) is 1. The Morgan fingerprint density at radius 3 is 2.65 bits per heavy atom. The number of carbonyl (C=O) groups is 1. The standard InChI is InChI=1S/C13H17NO3/c1-13(2)11(15)8-14(13)12(16)17-9-10-6-4-3-5-7-10/h3-7,11,15H,8-9H2,1-2H3/t11-/m0/s1. The highest BCUT2D eigenvalue weighted by molar-refractivity contribution is 5.70. The van der Waals surface area contributed by atoms with Gasteiger partial charge < -0.3 is 9.84 Å². The van der Waals surface area contributed by atoms with E-state index in [1.807, 2.05) is 44.2 Å². The van der Waals surface area contributed by atoms with Crippen molar-refractivity contribution >= 4 is 6.09 Å². The van der Waals surface area contributed by atoms with Crippen LogP contribution in [-0.2, 0) is 11.3 Å². The average molecular weight is 235 g/mol. The van der Waals surface area contributed by atoms with E-state index in [1.165, 1.54) is 0 Å². The van der Waals surface area contributed by atoms with Gasteiger partial charge in [-0.15, -0.1) is 0 Å². The van der Waals surface area contributed by atoms with Crippen molar-refractivity contribution in [2.45, 2.75) is 32.1 Å². The average Bonchev–Trinajstić information content (AvgIpc) is 2.34. The molecule has 0 bridgehead atoms. The predicted molar refractivity (Wildman–Crippen MR) is 63.4 cm³/mol. The summed E-state index contributed by atoms with van der Waals surface area (Å²) in [6.07, 6.45) is -0.837. The first-order valence-electron chi connectivity index (χ1n) is 5.68. The first-order valence-corrected chi connectivity index (χ1v) is 5.68. The summed E-state index contributed by atoms with van der Waals surface area (Å²) < 4.78 is 5.19. The minimum atomic E-state index is -0.520. The van der Waals surface area contributed by atoms with Crippen molar-refractivity contribution in [2.75, 3.05) is 6.54 Å². The molecule has 1 aliphatic rings. The summed E-state index contributed by atoms with van der Waals surface area (Å²) in [4.78, 5) is 13.3. The molecule has 1 aliphatic heterocycles. The number of carbonyl (C=O) groups excluding carboxylic acids is 1. The minimum Gasteiger partial charge on any atom is -0.445 e. The van der Waals surface area contributed by atoms with Crippen molar-refractivity contribution in [3.63, 3.8) is 0 Å². The van der Waals surface area contributed by atoms with Gasteiger partial charge in [-0.25, -0.2) is 4.79 Å². The topological polar surface area (TPSA) is 49.8 Å². The highest BCUT2D eigenvalue weighted by atomic mass is 16.6. The molecule has 4 nitrogen and oxygen atoms in total. The zero-order chi connectivity index (χ0) is 12.5. The second-order valence-corrected chi connectivity index (χ2v) is 4.82. The molecule has 1 saturated heterocycles. The van der Waals surface area contributed by atoms with Crippen LogP contribution >= 0.6 is 0 Å². The summed E-state index contributed by atoms with van der Waals surface area (Å²) in [5, 5.41) is 9.53. The van der Waals surface area contributed by atoms with Gasteiger partial charge in [0.25, 0.3) is 0 Å². The van der Waals surface area contributed by atoms with Gasteiger partial charge in [0.1, 0.15) is 6.61 Å². The zero-order valence-electron chi connectivity index (χ0n) is 10.1. The van der Waals surface area contributed by atoms with E-state index in [9.17, 15) is 9.90 Å². The summed E-state index contributed by atoms with van der Waals surface area (Å²) in [5.74, 6) is 0. The third-order valence-electron chi connectivity index (χ3n) is 3.29. The largest absolute Gasteiger partial charge is 0.445 e. The van der Waals surface area contributed by atoms with Crippen LogP contribution in [0.25, 0.3) is 0 Å². The third-order valence-corrected chi connectivity index (χ3v) is 3.29. The van der Waals surface area contributed by atoms with E-state index < -0.39 is 11.6 Å². The molecule has 1 aromatic rings. The van der Waals surface area contributed by atoms with E-state index in [0.717, 1.165) is 5.56 Å². The lowest BCUT2D eigenvalue weighted by Gasteiger charge is -2.51. The van der Waals surface area contributed by atoms with Crippen molar-refractivity contribution in [3.05, 3.63) is 35.9 Å². The SMILES string of the molecule is CC1(C)[C@@H](O)CN1C(=O)OCc1ccccc1. The second kappa shape index (κ2) is 4.37. The smallest absolute Gasteiger partial charge is 0.410 e. The molecule has 0 aliphatic carbocycles. The fraction of sp³-hybridized carbons (Fsp3) is 0.462. The Morgan fingerprint density at radius 1 is 1.47 bits per heavy atom. The Morgan fingerprint density at radius 2 is 2.12 bits per heavy atom. The Kier molecular flexibility index (Phi) is 3.07. The molecule has 1 aromatic carbocycles. The van der Waals surface area contributed by atoms with E-state index in [-0.39, 0.29) is 12.7 Å². The van der Waals surface area contributed by atoms with E-state index in [4.69, 9.17) is 4.74 Å². The Bertz CT molecular complexity index is 402. The van der Waals surface area contributed by atoms with Crippen molar-refractivity contribution in [1.29, 1.82) is 0 Å². The van der Waals surface area contributed by atoms with Gasteiger partial charge in [0.2, 0.25) is 0 Å². The normalized spacial score (nSPS) is 21.8. The van der Waals surface area contributed by atoms with Gasteiger partial charge in [-0.05, 0) is 19.4 Å². The molecule has 1 atom stereocenters. The molecule has 0 aromatic heterocycles. The van der Waals surface area contributed by atoms with Gasteiger partial charge in [0.05, 0.1) is 18.2 Å². The summed E-state index contributed by atoms with van der Waals surface area (Å²) in [6.45, 7) is 4.26. The molecule has 4 heteroatoms. The molecule has 1 amide bonds. The van der Waals surface area contributed by atoms with Gasteiger partial charge in [-0.3, -0.25) is 4.90 Å². The molecular formula is C13H17NO3. The lowest BCUT2D eigenvalue weighted by atomic mass is 9.86. The van der Waals surface area contributed by atoms with E-state index in [2.05, 4.69) is 0 Å². The summed E-state index contributed by atoms with van der Waals surface area (Å²) in [5.41, 5.74) is 0.438. The number of rotatable bonds is 2. The number of aliphatic hydroxyl groups excluding tert-OH is 1. The number of ether oxygens (including phenoxy) is 1. The lowest BCUT2D eigenvalue weighted by Crippen LogP contribution is -2.69. The number of amides is 1. The third kappa shape index (κ3) is 2.26. The van der Waals surface area contributed by atoms with E-state index in [1.54, 1.807) is 4.90 Å². The number of β-amino-alcohol motifs (C(OH)–C–C–N with tert-alkyl or cyclic N) is 1. The first kappa shape index (κ1) is 11.9. The van der Waals surface area contributed by atoms with Crippen molar-refractivity contribution in [3.8, 4) is 0 Å². The van der Waals surface area contributed by atoms with Crippen molar-refractivity contribution < 1.29 is 14.6 Å². The first-order chi connectivity index (χ1) is 8.01. The predicted octanol–water partition coefficient (Wildman–Crippen LogP) is 1.78. The number of hydrogen-bond acceptors (Lipinski definition) is 3. The maximum Gasteiger partial charge on any atom is 0.410 e. The van der Waals surface area contributed by atoms with Crippen LogP contribution in [0, 0.1) is 0 Å². The van der Waals surface area contributed by atoms with Crippen molar-refractivity contribution in [2.24, 2.45) is 0 Å². The van der Waals surface area contributed by atoms with Crippen LogP contribution < -0.4 is 0 Å². The van der Waals surface area contributed by atoms with E-state index in [0.29, 0.717) is 6.54 Å². The highest BCUT2D eigenvalue weighted by Crippen LogP contribution is 2.30. The summed E-state index contributed by atoms with van der Waals surface area (Å²) in [6, 6.07) is 9.54. The van der Waals surface area contributed by atoms with Crippen molar-refractivity contribution in [1.82, 2.24) is 4.90 Å². The van der Waals surface area contributed by atoms with Gasteiger partial charge in [-0.2, -0.15) is 0 Å². The van der Waals surface area contributed by atoms with Crippen LogP contribution in [0.2, 0.25) is 0 Å². The zero-order valence-corrected chi connectivity index (χ0v) is 10.1. The molecule has 92 valence electrons. The molecule has 1 heterocycles. The van der Waals surface area contributed by atoms with Gasteiger partial charge >= 0.3 is 6.09 Å². The second-order valence-electron chi connectivity index (χ2n) is 4.82. The molecular weight excluding hydrogens is 218 g/mol. The van der Waals surface area contributed by atoms with Crippen LogP contribution in [0.1, 0.15) is 19.4 Å². The number of hydrogen-bond donors (Lipinski definition) is 1. The van der Waals surface area contributed by atoms with Gasteiger partial charge in [0, 0.05) is 0 Å². The Labute approximate surface area is 101 Å². The Balaban J connectivity index is 1.87. The highest BCUT2D eigenvalue weighted by Gasteiger charge is 2.48. The van der Waals surface area contributed by atoms with Crippen LogP contribution in [0.3, 0.4) is 0 Å². The quantitative estimate of drug-likeness (QED) is 0.850. The number of nitrogens with zero attached hydrogens (tertiary/aromatic N) is 1. The van der Waals surface area contributed by atoms with E-state index >= 15 is 0 Å². The minimum absolute atomic E-state index is 0.266. The maximum absolute atomic E-state index is 11.8. The molecule has 0 saturated carbocycles. The van der Waals surface area contributed by atoms with Gasteiger partial charge in [-0.1, -0.05) is 30.3 Å². The monoisotopic (exact) mass is 235 g/mol. The van der Waals surface area contributed by atoms with Gasteiger partial charge in [0.15, 0.2) is 0 Å². The van der Waals surface area contributed by atoms with Crippen LogP contribution in [0.5, 0.6) is 0 Å². The lowest BCUT2D eigenvalue weighted by molar-refractivity contribution is -0.104. The molecule has 0 radical (unpaired) electrons. The fourth-order valence-corrected chi connectivity index (χ4v) is 1.81. The number of benzene rings is 1. The summed E-state index contributed by atoms with van der Waals surface area (Å²) >= 11 is 0. The molecule has 1 fully saturated rings. The molecule has 0 unspecified atom stereocenters. The van der Waals surface area contributed by atoms with Crippen LogP contribution in [-0.4, -0.2) is 34.3 Å².